The third-order valence-electron chi connectivity index (χ3n) is 2.06. The van der Waals surface area contributed by atoms with Crippen molar-refractivity contribution in [2.45, 2.75) is 25.9 Å². The van der Waals surface area contributed by atoms with Crippen molar-refractivity contribution in [3.05, 3.63) is 20.8 Å². The van der Waals surface area contributed by atoms with E-state index < -0.39 is 6.10 Å². The Hall–Kier alpha value is -0.370. The molecule has 76 valence electrons. The fourth-order valence-electron chi connectivity index (χ4n) is 1.30. The number of halogens is 1. The molecule has 1 aromatic rings. The first-order valence-electron chi connectivity index (χ1n) is 4.51. The molecule has 2 atom stereocenters. The lowest BCUT2D eigenvalue weighted by Gasteiger charge is -2.14. The first-order chi connectivity index (χ1) is 6.70. The van der Waals surface area contributed by atoms with Gasteiger partial charge in [0.15, 0.2) is 0 Å². The summed E-state index contributed by atoms with van der Waals surface area (Å²) < 4.78 is 0.895. The summed E-state index contributed by atoms with van der Waals surface area (Å²) in [7, 11) is 0. The SMILES string of the molecule is CCCC(C#N)C(O)c1sccc1Br. The summed E-state index contributed by atoms with van der Waals surface area (Å²) in [6.07, 6.45) is 0.995. The number of nitrogens with zero attached hydrogens (tertiary/aromatic N) is 1. The first-order valence-corrected chi connectivity index (χ1v) is 6.18. The van der Waals surface area contributed by atoms with E-state index in [0.717, 1.165) is 22.2 Å². The summed E-state index contributed by atoms with van der Waals surface area (Å²) in [5, 5.41) is 20.7. The zero-order chi connectivity index (χ0) is 10.6. The Morgan fingerprint density at radius 3 is 2.86 bits per heavy atom. The van der Waals surface area contributed by atoms with Crippen molar-refractivity contribution in [1.82, 2.24) is 0 Å². The second-order valence-corrected chi connectivity index (χ2v) is 4.90. The minimum atomic E-state index is -0.658. The molecular formula is C10H12BrNOS. The summed E-state index contributed by atoms with van der Waals surface area (Å²) in [6, 6.07) is 4.05. The molecule has 0 fully saturated rings. The van der Waals surface area contributed by atoms with Crippen LogP contribution in [-0.4, -0.2) is 5.11 Å². The normalized spacial score (nSPS) is 14.7. The highest BCUT2D eigenvalue weighted by molar-refractivity contribution is 9.10. The molecule has 0 aliphatic carbocycles. The number of thiophene rings is 1. The Morgan fingerprint density at radius 1 is 1.71 bits per heavy atom. The largest absolute Gasteiger partial charge is 0.386 e. The zero-order valence-electron chi connectivity index (χ0n) is 7.90. The summed E-state index contributed by atoms with van der Waals surface area (Å²) in [5.41, 5.74) is 0. The minimum Gasteiger partial charge on any atom is -0.386 e. The zero-order valence-corrected chi connectivity index (χ0v) is 10.3. The Labute approximate surface area is 96.3 Å². The van der Waals surface area contributed by atoms with Gasteiger partial charge < -0.3 is 5.11 Å². The van der Waals surface area contributed by atoms with E-state index in [1.54, 1.807) is 0 Å². The highest BCUT2D eigenvalue weighted by Crippen LogP contribution is 2.34. The van der Waals surface area contributed by atoms with Crippen LogP contribution in [0.4, 0.5) is 0 Å². The van der Waals surface area contributed by atoms with Crippen molar-refractivity contribution in [3.63, 3.8) is 0 Å². The molecule has 0 spiro atoms. The van der Waals surface area contributed by atoms with E-state index in [1.165, 1.54) is 11.3 Å². The quantitative estimate of drug-likeness (QED) is 0.913. The van der Waals surface area contributed by atoms with Gasteiger partial charge in [0.2, 0.25) is 0 Å². The van der Waals surface area contributed by atoms with Crippen LogP contribution in [0.1, 0.15) is 30.7 Å². The molecule has 0 aliphatic heterocycles. The maximum atomic E-state index is 9.94. The highest BCUT2D eigenvalue weighted by atomic mass is 79.9. The number of aliphatic hydroxyl groups excluding tert-OH is 1. The average molecular weight is 274 g/mol. The second kappa shape index (κ2) is 5.50. The van der Waals surface area contributed by atoms with Crippen LogP contribution in [0.3, 0.4) is 0 Å². The maximum absolute atomic E-state index is 9.94. The fourth-order valence-corrected chi connectivity index (χ4v) is 2.96. The molecule has 2 unspecified atom stereocenters. The van der Waals surface area contributed by atoms with Crippen molar-refractivity contribution in [1.29, 1.82) is 5.26 Å². The van der Waals surface area contributed by atoms with Crippen molar-refractivity contribution < 1.29 is 5.11 Å². The lowest BCUT2D eigenvalue weighted by atomic mass is 9.98. The molecule has 0 aliphatic rings. The lowest BCUT2D eigenvalue weighted by molar-refractivity contribution is 0.133. The molecule has 0 aromatic carbocycles. The summed E-state index contributed by atoms with van der Waals surface area (Å²) >= 11 is 4.84. The van der Waals surface area contributed by atoms with Crippen LogP contribution in [0, 0.1) is 17.2 Å². The van der Waals surface area contributed by atoms with Gasteiger partial charge in [-0.1, -0.05) is 13.3 Å². The third-order valence-corrected chi connectivity index (χ3v) is 4.00. The van der Waals surface area contributed by atoms with Gasteiger partial charge in [-0.2, -0.15) is 5.26 Å². The molecule has 14 heavy (non-hydrogen) atoms. The van der Waals surface area contributed by atoms with E-state index in [9.17, 15) is 5.11 Å². The van der Waals surface area contributed by atoms with Crippen molar-refractivity contribution in [2.24, 2.45) is 5.92 Å². The third kappa shape index (κ3) is 2.57. The van der Waals surface area contributed by atoms with Crippen molar-refractivity contribution in [3.8, 4) is 6.07 Å². The van der Waals surface area contributed by atoms with Gasteiger partial charge in [0, 0.05) is 9.35 Å². The smallest absolute Gasteiger partial charge is 0.105 e. The van der Waals surface area contributed by atoms with Crippen LogP contribution < -0.4 is 0 Å². The summed E-state index contributed by atoms with van der Waals surface area (Å²) in [5.74, 6) is -0.296. The average Bonchev–Trinajstić information content (AvgIpc) is 2.59. The predicted molar refractivity (Wildman–Crippen MR) is 61.0 cm³/mol. The van der Waals surface area contributed by atoms with Crippen LogP contribution in [0.2, 0.25) is 0 Å². The molecule has 1 rings (SSSR count). The predicted octanol–water partition coefficient (Wildman–Crippen LogP) is 3.48. The number of aliphatic hydroxyl groups is 1. The first kappa shape index (κ1) is 11.7. The molecule has 0 bridgehead atoms. The highest BCUT2D eigenvalue weighted by Gasteiger charge is 2.22. The van der Waals surface area contributed by atoms with Gasteiger partial charge in [0.25, 0.3) is 0 Å². The van der Waals surface area contributed by atoms with E-state index in [1.807, 2.05) is 18.4 Å². The lowest BCUT2D eigenvalue weighted by Crippen LogP contribution is -2.09. The fraction of sp³-hybridized carbons (Fsp3) is 0.500. The van der Waals surface area contributed by atoms with Gasteiger partial charge in [-0.15, -0.1) is 11.3 Å². The molecular weight excluding hydrogens is 262 g/mol. The van der Waals surface area contributed by atoms with Gasteiger partial charge in [-0.25, -0.2) is 0 Å². The van der Waals surface area contributed by atoms with Gasteiger partial charge in [0.1, 0.15) is 6.10 Å². The Morgan fingerprint density at radius 2 is 2.43 bits per heavy atom. The van der Waals surface area contributed by atoms with Crippen LogP contribution in [-0.2, 0) is 0 Å². The standard InChI is InChI=1S/C10H12BrNOS/c1-2-3-7(6-12)9(13)10-8(11)4-5-14-10/h4-5,7,9,13H,2-3H2,1H3. The van der Waals surface area contributed by atoms with E-state index >= 15 is 0 Å². The number of rotatable bonds is 4. The Kier molecular flexibility index (Phi) is 4.59. The van der Waals surface area contributed by atoms with E-state index in [0.29, 0.717) is 0 Å². The number of hydrogen-bond acceptors (Lipinski definition) is 3. The van der Waals surface area contributed by atoms with Crippen LogP contribution in [0.25, 0.3) is 0 Å². The van der Waals surface area contributed by atoms with Gasteiger partial charge in [0.05, 0.1) is 12.0 Å². The topological polar surface area (TPSA) is 44.0 Å². The Balaban J connectivity index is 2.78. The number of nitriles is 1. The Bertz CT molecular complexity index is 331. The summed E-state index contributed by atoms with van der Waals surface area (Å²) in [6.45, 7) is 2.01. The molecule has 2 nitrogen and oxygen atoms in total. The van der Waals surface area contributed by atoms with E-state index in [-0.39, 0.29) is 5.92 Å². The van der Waals surface area contributed by atoms with Crippen molar-refractivity contribution >= 4 is 27.3 Å². The molecule has 0 amide bonds. The van der Waals surface area contributed by atoms with E-state index in [2.05, 4.69) is 22.0 Å². The molecule has 1 aromatic heterocycles. The molecule has 4 heteroatoms. The van der Waals surface area contributed by atoms with Crippen LogP contribution >= 0.6 is 27.3 Å². The molecule has 1 heterocycles. The molecule has 0 saturated heterocycles. The van der Waals surface area contributed by atoms with E-state index in [4.69, 9.17) is 5.26 Å². The molecule has 1 N–H and O–H groups in total. The molecule has 0 saturated carbocycles. The van der Waals surface area contributed by atoms with Crippen molar-refractivity contribution in [2.75, 3.05) is 0 Å². The second-order valence-electron chi connectivity index (χ2n) is 3.10. The molecule has 0 radical (unpaired) electrons. The summed E-state index contributed by atoms with van der Waals surface area (Å²) in [4.78, 5) is 0.852. The number of hydrogen-bond donors (Lipinski definition) is 1. The van der Waals surface area contributed by atoms with Gasteiger partial charge >= 0.3 is 0 Å². The monoisotopic (exact) mass is 273 g/mol. The van der Waals surface area contributed by atoms with Crippen LogP contribution in [0.5, 0.6) is 0 Å². The minimum absolute atomic E-state index is 0.296. The van der Waals surface area contributed by atoms with Gasteiger partial charge in [-0.3, -0.25) is 0 Å². The van der Waals surface area contributed by atoms with Crippen LogP contribution in [0.15, 0.2) is 15.9 Å². The maximum Gasteiger partial charge on any atom is 0.105 e. The van der Waals surface area contributed by atoms with Gasteiger partial charge in [-0.05, 0) is 33.8 Å².